The van der Waals surface area contributed by atoms with Gasteiger partial charge in [-0.05, 0) is 49.7 Å². The summed E-state index contributed by atoms with van der Waals surface area (Å²) < 4.78 is 5.95. The first-order chi connectivity index (χ1) is 10.5. The molecule has 2 rings (SSSR count). The second-order valence-electron chi connectivity index (χ2n) is 4.83. The van der Waals surface area contributed by atoms with Crippen LogP contribution in [0.25, 0.3) is 0 Å². The Labute approximate surface area is 139 Å². The number of halogens is 1. The first-order valence-corrected chi connectivity index (χ1v) is 8.17. The van der Waals surface area contributed by atoms with Crippen molar-refractivity contribution in [2.24, 2.45) is 0 Å². The first kappa shape index (κ1) is 16.6. The number of thiophene rings is 1. The Morgan fingerprint density at radius 2 is 2.14 bits per heavy atom. The van der Waals surface area contributed by atoms with Crippen LogP contribution in [0.5, 0.6) is 5.75 Å². The fourth-order valence-corrected chi connectivity index (χ4v) is 3.21. The van der Waals surface area contributed by atoms with Gasteiger partial charge in [0.05, 0.1) is 18.0 Å². The molecule has 0 saturated heterocycles. The van der Waals surface area contributed by atoms with Gasteiger partial charge in [-0.3, -0.25) is 0 Å². The third-order valence-electron chi connectivity index (χ3n) is 3.29. The van der Waals surface area contributed by atoms with Crippen molar-refractivity contribution in [1.82, 2.24) is 4.90 Å². The summed E-state index contributed by atoms with van der Waals surface area (Å²) in [5.41, 5.74) is 1.74. The molecule has 2 amide bonds. The van der Waals surface area contributed by atoms with Gasteiger partial charge in [0.25, 0.3) is 0 Å². The van der Waals surface area contributed by atoms with Crippen molar-refractivity contribution in [3.8, 4) is 5.75 Å². The van der Waals surface area contributed by atoms with Gasteiger partial charge in [-0.1, -0.05) is 11.6 Å². The summed E-state index contributed by atoms with van der Waals surface area (Å²) in [6.07, 6.45) is 0. The molecule has 1 N–H and O–H groups in total. The molecule has 0 aliphatic heterocycles. The maximum absolute atomic E-state index is 12.4. The zero-order valence-electron chi connectivity index (χ0n) is 12.9. The van der Waals surface area contributed by atoms with Crippen molar-refractivity contribution in [3.63, 3.8) is 0 Å². The lowest BCUT2D eigenvalue weighted by Crippen LogP contribution is -2.34. The number of carbonyl (C=O) groups excluding carboxylic acids is 1. The molecule has 1 heterocycles. The van der Waals surface area contributed by atoms with Gasteiger partial charge in [0.1, 0.15) is 5.75 Å². The highest BCUT2D eigenvalue weighted by Crippen LogP contribution is 2.24. The highest BCUT2D eigenvalue weighted by atomic mass is 35.5. The molecule has 1 aromatic carbocycles. The Hall–Kier alpha value is -1.72. The van der Waals surface area contributed by atoms with Gasteiger partial charge >= 0.3 is 6.03 Å². The number of ether oxygens (including phenoxy) is 1. The van der Waals surface area contributed by atoms with Crippen molar-refractivity contribution < 1.29 is 9.53 Å². The molecule has 0 atom stereocenters. The molecule has 0 aliphatic rings. The summed E-state index contributed by atoms with van der Waals surface area (Å²) in [5.74, 6) is 0.804. The van der Waals surface area contributed by atoms with E-state index in [1.165, 1.54) is 11.3 Å². The van der Waals surface area contributed by atoms with Crippen LogP contribution >= 0.6 is 22.9 Å². The number of benzene rings is 1. The zero-order valence-corrected chi connectivity index (χ0v) is 14.4. The predicted octanol–water partition coefficient (Wildman–Crippen LogP) is 4.77. The number of carbonyl (C=O) groups is 1. The van der Waals surface area contributed by atoms with Gasteiger partial charge in [0.15, 0.2) is 0 Å². The number of urea groups is 1. The van der Waals surface area contributed by atoms with E-state index in [1.807, 2.05) is 44.2 Å². The quantitative estimate of drug-likeness (QED) is 0.853. The summed E-state index contributed by atoms with van der Waals surface area (Å²) >= 11 is 7.42. The molecule has 22 heavy (non-hydrogen) atoms. The van der Waals surface area contributed by atoms with Gasteiger partial charge in [-0.2, -0.15) is 0 Å². The number of rotatable bonds is 5. The Kier molecular flexibility index (Phi) is 5.69. The normalized spacial score (nSPS) is 10.4. The van der Waals surface area contributed by atoms with Crippen molar-refractivity contribution in [2.75, 3.05) is 19.0 Å². The molecule has 0 bridgehead atoms. The van der Waals surface area contributed by atoms with E-state index in [1.54, 1.807) is 12.0 Å². The Morgan fingerprint density at radius 1 is 1.36 bits per heavy atom. The predicted molar refractivity (Wildman–Crippen MR) is 92.2 cm³/mol. The molecule has 0 unspecified atom stereocenters. The lowest BCUT2D eigenvalue weighted by atomic mass is 10.2. The molecular formula is C16H19ClN2O2S. The first-order valence-electron chi connectivity index (χ1n) is 6.98. The van der Waals surface area contributed by atoms with Crippen molar-refractivity contribution in [1.29, 1.82) is 0 Å². The van der Waals surface area contributed by atoms with E-state index in [-0.39, 0.29) is 6.03 Å². The van der Waals surface area contributed by atoms with E-state index in [2.05, 4.69) is 5.32 Å². The third kappa shape index (κ3) is 4.15. The molecule has 6 heteroatoms. The number of hydrogen-bond donors (Lipinski definition) is 1. The van der Waals surface area contributed by atoms with Crippen molar-refractivity contribution in [3.05, 3.63) is 45.1 Å². The highest BCUT2D eigenvalue weighted by molar-refractivity contribution is 7.16. The molecule has 1 aromatic heterocycles. The molecule has 0 aliphatic carbocycles. The monoisotopic (exact) mass is 338 g/mol. The Morgan fingerprint density at radius 3 is 2.68 bits per heavy atom. The van der Waals surface area contributed by atoms with Crippen molar-refractivity contribution >= 4 is 34.7 Å². The maximum Gasteiger partial charge on any atom is 0.322 e. The van der Waals surface area contributed by atoms with Crippen LogP contribution in [-0.2, 0) is 6.54 Å². The van der Waals surface area contributed by atoms with Crippen LogP contribution in [0.4, 0.5) is 10.5 Å². The highest BCUT2D eigenvalue weighted by Gasteiger charge is 2.14. The fraction of sp³-hybridized carbons (Fsp3) is 0.312. The van der Waals surface area contributed by atoms with Crippen molar-refractivity contribution in [2.45, 2.75) is 20.4 Å². The topological polar surface area (TPSA) is 41.6 Å². The molecule has 4 nitrogen and oxygen atoms in total. The summed E-state index contributed by atoms with van der Waals surface area (Å²) in [4.78, 5) is 15.2. The minimum absolute atomic E-state index is 0.128. The van der Waals surface area contributed by atoms with Crippen LogP contribution < -0.4 is 10.1 Å². The molecule has 0 fully saturated rings. The van der Waals surface area contributed by atoms with E-state index in [0.717, 1.165) is 26.2 Å². The molecule has 0 saturated carbocycles. The second kappa shape index (κ2) is 7.51. The van der Waals surface area contributed by atoms with Crippen LogP contribution in [0.1, 0.15) is 17.4 Å². The number of aryl methyl sites for hydroxylation is 1. The van der Waals surface area contributed by atoms with Crippen LogP contribution in [0.15, 0.2) is 30.3 Å². The number of amides is 2. The summed E-state index contributed by atoms with van der Waals surface area (Å²) in [5, 5.41) is 2.92. The number of nitrogens with one attached hydrogen (secondary N) is 1. The lowest BCUT2D eigenvalue weighted by molar-refractivity contribution is 0.212. The summed E-state index contributed by atoms with van der Waals surface area (Å²) in [6.45, 7) is 5.07. The summed E-state index contributed by atoms with van der Waals surface area (Å²) in [6, 6.07) is 9.24. The molecule has 0 spiro atoms. The van der Waals surface area contributed by atoms with Gasteiger partial charge in [-0.15, -0.1) is 11.3 Å². The largest absolute Gasteiger partial charge is 0.496 e. The molecular weight excluding hydrogens is 320 g/mol. The van der Waals surface area contributed by atoms with E-state index in [9.17, 15) is 4.79 Å². The number of anilines is 1. The van der Waals surface area contributed by atoms with Crippen LogP contribution in [0.3, 0.4) is 0 Å². The molecule has 2 aromatic rings. The second-order valence-corrected chi connectivity index (χ2v) is 6.63. The van der Waals surface area contributed by atoms with Crippen LogP contribution in [-0.4, -0.2) is 24.6 Å². The van der Waals surface area contributed by atoms with E-state index in [0.29, 0.717) is 13.1 Å². The maximum atomic E-state index is 12.4. The van der Waals surface area contributed by atoms with Gasteiger partial charge < -0.3 is 15.0 Å². The third-order valence-corrected chi connectivity index (χ3v) is 4.51. The average Bonchev–Trinajstić information content (AvgIpc) is 2.90. The van der Waals surface area contributed by atoms with E-state index in [4.69, 9.17) is 16.3 Å². The number of methoxy groups -OCH3 is 1. The van der Waals surface area contributed by atoms with Crippen LogP contribution in [0.2, 0.25) is 4.34 Å². The zero-order chi connectivity index (χ0) is 16.1. The fourth-order valence-electron chi connectivity index (χ4n) is 2.11. The Bertz CT molecular complexity index is 657. The Balaban J connectivity index is 2.04. The van der Waals surface area contributed by atoms with E-state index < -0.39 is 0 Å². The standard InChI is InChI=1S/C16H19ClN2O2S/c1-4-19(10-13-6-8-15(17)22-13)16(20)18-12-5-7-14(21-3)11(2)9-12/h5-9H,4,10H2,1-3H3,(H,18,20). The van der Waals surface area contributed by atoms with Crippen LogP contribution in [0, 0.1) is 6.92 Å². The minimum atomic E-state index is -0.128. The minimum Gasteiger partial charge on any atom is -0.496 e. The lowest BCUT2D eigenvalue weighted by Gasteiger charge is -2.21. The number of hydrogen-bond acceptors (Lipinski definition) is 3. The summed E-state index contributed by atoms with van der Waals surface area (Å²) in [7, 11) is 1.63. The number of nitrogens with zero attached hydrogens (tertiary/aromatic N) is 1. The average molecular weight is 339 g/mol. The van der Waals surface area contributed by atoms with Gasteiger partial charge in [0.2, 0.25) is 0 Å². The SMILES string of the molecule is CCN(Cc1ccc(Cl)s1)C(=O)Nc1ccc(OC)c(C)c1. The van der Waals surface area contributed by atoms with Gasteiger partial charge in [-0.25, -0.2) is 4.79 Å². The van der Waals surface area contributed by atoms with E-state index >= 15 is 0 Å². The molecule has 118 valence electrons. The smallest absolute Gasteiger partial charge is 0.322 e. The van der Waals surface area contributed by atoms with Gasteiger partial charge in [0, 0.05) is 17.1 Å². The molecule has 0 radical (unpaired) electrons.